The number of methoxy groups -OCH3 is 1. The van der Waals surface area contributed by atoms with Crippen LogP contribution in [0.3, 0.4) is 0 Å². The predicted octanol–water partition coefficient (Wildman–Crippen LogP) is 9.28. The second kappa shape index (κ2) is 32.4. The zero-order valence-electron chi connectivity index (χ0n) is 35.1. The molecule has 324 valence electrons. The van der Waals surface area contributed by atoms with Crippen molar-refractivity contribution >= 4 is 19.9 Å². The summed E-state index contributed by atoms with van der Waals surface area (Å²) in [5.41, 5.74) is 8.95. The van der Waals surface area contributed by atoms with E-state index in [0.29, 0.717) is 30.3 Å². The van der Waals surface area contributed by atoms with Crippen LogP contribution in [0.2, 0.25) is 0 Å². The van der Waals surface area contributed by atoms with E-state index in [1.54, 1.807) is 16.6 Å². The lowest BCUT2D eigenvalue weighted by molar-refractivity contribution is -0.0493. The zero-order chi connectivity index (χ0) is 42.2. The fraction of sp³-hybridized carbons (Fsp3) is 0.674. The summed E-state index contributed by atoms with van der Waals surface area (Å²) < 4.78 is 36.9. The minimum Gasteiger partial charge on any atom is -0.495 e. The fourth-order valence-electron chi connectivity index (χ4n) is 6.84. The Morgan fingerprint density at radius 1 is 0.914 bits per heavy atom. The molecule has 1 aromatic carbocycles. The van der Waals surface area contributed by atoms with Crippen LogP contribution in [0.4, 0.5) is 5.82 Å². The van der Waals surface area contributed by atoms with Crippen molar-refractivity contribution in [2.75, 3.05) is 46.4 Å². The molecule has 3 heterocycles. The molecule has 4 unspecified atom stereocenters. The normalized spacial score (nSPS) is 15.8. The molecule has 1 aliphatic rings. The van der Waals surface area contributed by atoms with Gasteiger partial charge in [-0.25, -0.2) is 14.8 Å². The molecule has 4 atom stereocenters. The topological polar surface area (TPSA) is 200 Å². The highest BCUT2D eigenvalue weighted by atomic mass is 31.2. The standard InChI is InChI=1S/C41H64N5O7P.CHN.CH4O/c1-3-4-5-6-7-8-9-10-11-12-13-14-15-16-17-18-25-49-29-36(50-28-33-19-20-34(27-42)40(26-33)48-2)31-52-54(47)51-30-35-21-24-39(53-35)37-22-23-38-41(43)44-32-45-46(37)38;2*1-2/h19-20,22-23,26,32,35-36,39,47H,3-18,21,24-25,28-31H2,1-2H3,(H2,43,44,45);1H;2H,1H3. The van der Waals surface area contributed by atoms with Crippen LogP contribution in [0, 0.1) is 23.2 Å². The number of anilines is 1. The third-order valence-corrected chi connectivity index (χ3v) is 10.7. The van der Waals surface area contributed by atoms with Gasteiger partial charge in [0.05, 0.1) is 50.9 Å². The van der Waals surface area contributed by atoms with Crippen LogP contribution in [0.1, 0.15) is 145 Å². The van der Waals surface area contributed by atoms with Gasteiger partial charge in [0.15, 0.2) is 5.82 Å². The minimum absolute atomic E-state index is 0.0972. The van der Waals surface area contributed by atoms with Crippen LogP contribution in [0.25, 0.3) is 5.52 Å². The van der Waals surface area contributed by atoms with E-state index in [0.717, 1.165) is 49.6 Å². The van der Waals surface area contributed by atoms with E-state index >= 15 is 0 Å². The first-order valence-corrected chi connectivity index (χ1v) is 22.1. The van der Waals surface area contributed by atoms with E-state index in [9.17, 15) is 10.2 Å². The molecule has 1 saturated heterocycles. The van der Waals surface area contributed by atoms with Crippen molar-refractivity contribution in [1.29, 1.82) is 10.5 Å². The lowest BCUT2D eigenvalue weighted by Gasteiger charge is -2.21. The Balaban J connectivity index is 0.00000281. The van der Waals surface area contributed by atoms with E-state index in [4.69, 9.17) is 44.1 Å². The molecule has 0 saturated carbocycles. The Kier molecular flexibility index (Phi) is 28.4. The highest BCUT2D eigenvalue weighted by molar-refractivity contribution is 7.40. The average molecular weight is 829 g/mol. The van der Waals surface area contributed by atoms with Crippen molar-refractivity contribution < 1.29 is 38.0 Å². The average Bonchev–Trinajstić information content (AvgIpc) is 3.92. The third-order valence-electron chi connectivity index (χ3n) is 10.0. The van der Waals surface area contributed by atoms with E-state index in [2.05, 4.69) is 29.6 Å². The molecular formula is C43H69N6O8P. The SMILES string of the molecule is C#N.CCCCCCCCCCCCCCCCCCOCC(COP(O)OCC1CCC(c2ccc3c(N)ncnn23)O1)OCc1ccc(C#N)c(OC)c1.CO. The number of nitrogens with zero attached hydrogens (tertiary/aromatic N) is 5. The lowest BCUT2D eigenvalue weighted by Crippen LogP contribution is -2.25. The predicted molar refractivity (Wildman–Crippen MR) is 227 cm³/mol. The second-order valence-electron chi connectivity index (χ2n) is 14.3. The molecule has 58 heavy (non-hydrogen) atoms. The van der Waals surface area contributed by atoms with Crippen molar-refractivity contribution in [2.45, 2.75) is 147 Å². The number of ether oxygens (including phenoxy) is 4. The smallest absolute Gasteiger partial charge is 0.330 e. The van der Waals surface area contributed by atoms with Gasteiger partial charge >= 0.3 is 8.60 Å². The Morgan fingerprint density at radius 3 is 2.17 bits per heavy atom. The van der Waals surface area contributed by atoms with Gasteiger partial charge in [0.2, 0.25) is 0 Å². The van der Waals surface area contributed by atoms with Crippen molar-refractivity contribution in [1.82, 2.24) is 14.6 Å². The molecule has 0 bridgehead atoms. The maximum Gasteiger partial charge on any atom is 0.330 e. The molecule has 0 spiro atoms. The minimum atomic E-state index is -2.16. The number of aliphatic hydroxyl groups excluding tert-OH is 1. The van der Waals surface area contributed by atoms with E-state index < -0.39 is 14.7 Å². The van der Waals surface area contributed by atoms with Gasteiger partial charge in [-0.3, -0.25) is 0 Å². The van der Waals surface area contributed by atoms with Crippen LogP contribution in [0.5, 0.6) is 5.75 Å². The molecule has 2 aromatic heterocycles. The van der Waals surface area contributed by atoms with Crippen molar-refractivity contribution in [3.8, 4) is 18.4 Å². The van der Waals surface area contributed by atoms with Crippen molar-refractivity contribution in [3.05, 3.63) is 53.5 Å². The fourth-order valence-corrected chi connectivity index (χ4v) is 7.50. The summed E-state index contributed by atoms with van der Waals surface area (Å²) in [7, 11) is 0.385. The zero-order valence-corrected chi connectivity index (χ0v) is 36.0. The Morgan fingerprint density at radius 2 is 1.55 bits per heavy atom. The van der Waals surface area contributed by atoms with Crippen molar-refractivity contribution in [3.63, 3.8) is 0 Å². The van der Waals surface area contributed by atoms with Gasteiger partial charge in [-0.15, -0.1) is 0 Å². The largest absolute Gasteiger partial charge is 0.495 e. The molecule has 15 heteroatoms. The quantitative estimate of drug-likeness (QED) is 0.0425. The Labute approximate surface area is 347 Å². The Hall–Kier alpha value is -3.43. The van der Waals surface area contributed by atoms with Gasteiger partial charge in [0.1, 0.15) is 35.9 Å². The number of rotatable bonds is 30. The van der Waals surface area contributed by atoms with Crippen LogP contribution in [0.15, 0.2) is 36.7 Å². The summed E-state index contributed by atoms with van der Waals surface area (Å²) in [5, 5.41) is 27.2. The maximum atomic E-state index is 10.6. The summed E-state index contributed by atoms with van der Waals surface area (Å²) in [4.78, 5) is 14.7. The number of nitrogen functional groups attached to an aromatic ring is 1. The molecule has 4 N–H and O–H groups in total. The van der Waals surface area contributed by atoms with Crippen molar-refractivity contribution in [2.24, 2.45) is 0 Å². The van der Waals surface area contributed by atoms with Crippen LogP contribution >= 0.6 is 8.60 Å². The number of fused-ring (bicyclic) bond motifs is 1. The first-order chi connectivity index (χ1) is 28.5. The van der Waals surface area contributed by atoms with Crippen LogP contribution in [-0.4, -0.2) is 77.5 Å². The van der Waals surface area contributed by atoms with Gasteiger partial charge in [-0.1, -0.05) is 109 Å². The second-order valence-corrected chi connectivity index (χ2v) is 15.3. The number of unbranched alkanes of at least 4 members (excludes halogenated alkanes) is 15. The number of aliphatic hydroxyl groups is 1. The van der Waals surface area contributed by atoms with Crippen LogP contribution in [-0.2, 0) is 29.9 Å². The highest BCUT2D eigenvalue weighted by Crippen LogP contribution is 2.38. The van der Waals surface area contributed by atoms with Gasteiger partial charge in [-0.2, -0.15) is 10.4 Å². The monoisotopic (exact) mass is 828 g/mol. The first kappa shape index (κ1) is 50.7. The number of nitriles is 2. The van der Waals surface area contributed by atoms with E-state index in [1.165, 1.54) is 103 Å². The van der Waals surface area contributed by atoms with Gasteiger partial charge in [0.25, 0.3) is 0 Å². The number of aromatic nitrogens is 3. The van der Waals surface area contributed by atoms with Gasteiger partial charge < -0.3 is 43.7 Å². The maximum absolute atomic E-state index is 10.6. The summed E-state index contributed by atoms with van der Waals surface area (Å²) in [5.74, 6) is 0.916. The summed E-state index contributed by atoms with van der Waals surface area (Å²) >= 11 is 0. The highest BCUT2D eigenvalue weighted by Gasteiger charge is 2.30. The van der Waals surface area contributed by atoms with E-state index in [-0.39, 0.29) is 32.0 Å². The molecule has 14 nitrogen and oxygen atoms in total. The lowest BCUT2D eigenvalue weighted by atomic mass is 10.0. The molecule has 0 amide bonds. The molecule has 3 aromatic rings. The number of nitrogens with two attached hydrogens (primary N) is 1. The molecular weight excluding hydrogens is 759 g/mol. The van der Waals surface area contributed by atoms with Gasteiger partial charge in [0, 0.05) is 20.3 Å². The molecule has 0 radical (unpaired) electrons. The summed E-state index contributed by atoms with van der Waals surface area (Å²) in [6.45, 7) is 7.31. The summed E-state index contributed by atoms with van der Waals surface area (Å²) in [6, 6.07) is 11.3. The number of hydrogen-bond donors (Lipinski definition) is 3. The number of benzene rings is 1. The first-order valence-electron chi connectivity index (χ1n) is 21.0. The molecule has 1 fully saturated rings. The molecule has 0 aliphatic carbocycles. The Bertz CT molecular complexity index is 1560. The van der Waals surface area contributed by atoms with E-state index in [1.807, 2.05) is 18.2 Å². The number of hydrogen-bond acceptors (Lipinski definition) is 13. The molecule has 1 aliphatic heterocycles. The molecule has 4 rings (SSSR count). The summed E-state index contributed by atoms with van der Waals surface area (Å²) in [6.07, 6.45) is 23.5. The van der Waals surface area contributed by atoms with Crippen LogP contribution < -0.4 is 10.5 Å². The third kappa shape index (κ3) is 19.5. The van der Waals surface area contributed by atoms with Gasteiger partial charge in [-0.05, 0) is 49.1 Å².